The predicted molar refractivity (Wildman–Crippen MR) is 81.1 cm³/mol. The molecule has 1 amide bonds. The van der Waals surface area contributed by atoms with Crippen molar-refractivity contribution in [2.24, 2.45) is 0 Å². The second kappa shape index (κ2) is 6.22. The summed E-state index contributed by atoms with van der Waals surface area (Å²) in [6, 6.07) is 16.2. The normalized spacial score (nSPS) is 11.7. The van der Waals surface area contributed by atoms with Crippen LogP contribution in [0.25, 0.3) is 11.1 Å². The van der Waals surface area contributed by atoms with Crippen LogP contribution in [-0.4, -0.2) is 35.0 Å². The number of carbonyl (C=O) groups excluding carboxylic acids is 1. The quantitative estimate of drug-likeness (QED) is 0.938. The number of rotatable bonds is 4. The molecule has 0 saturated carbocycles. The molecule has 0 aromatic heterocycles. The van der Waals surface area contributed by atoms with Crippen molar-refractivity contribution in [1.82, 2.24) is 4.90 Å². The Bertz CT molecular complexity index is 635. The zero-order chi connectivity index (χ0) is 15.4. The predicted octanol–water partition coefficient (Wildman–Crippen LogP) is 2.90. The summed E-state index contributed by atoms with van der Waals surface area (Å²) in [5.41, 5.74) is 2.56. The number of hydrogen-bond donors (Lipinski definition) is 1. The molecule has 4 nitrogen and oxygen atoms in total. The van der Waals surface area contributed by atoms with Crippen LogP contribution in [0.4, 0.5) is 0 Å². The zero-order valence-electron chi connectivity index (χ0n) is 12.0. The molecule has 0 saturated heterocycles. The summed E-state index contributed by atoms with van der Waals surface area (Å²) < 4.78 is 0. The number of carboxylic acid groups (broad SMARTS) is 1. The first-order chi connectivity index (χ1) is 10.0. The number of nitrogens with zero attached hydrogens (tertiary/aromatic N) is 1. The van der Waals surface area contributed by atoms with Crippen LogP contribution in [0.1, 0.15) is 17.3 Å². The number of carbonyl (C=O) groups is 2. The van der Waals surface area contributed by atoms with E-state index in [4.69, 9.17) is 5.11 Å². The van der Waals surface area contributed by atoms with Crippen molar-refractivity contribution in [2.75, 3.05) is 7.05 Å². The van der Waals surface area contributed by atoms with E-state index < -0.39 is 12.0 Å². The topological polar surface area (TPSA) is 57.6 Å². The van der Waals surface area contributed by atoms with Crippen LogP contribution >= 0.6 is 0 Å². The Balaban J connectivity index is 2.19. The van der Waals surface area contributed by atoms with Gasteiger partial charge in [-0.05, 0) is 30.2 Å². The highest BCUT2D eigenvalue weighted by atomic mass is 16.4. The van der Waals surface area contributed by atoms with Crippen molar-refractivity contribution < 1.29 is 14.7 Å². The van der Waals surface area contributed by atoms with E-state index in [1.54, 1.807) is 12.1 Å². The highest BCUT2D eigenvalue weighted by Gasteiger charge is 2.22. The van der Waals surface area contributed by atoms with Crippen LogP contribution in [0.2, 0.25) is 0 Å². The Kier molecular flexibility index (Phi) is 4.38. The molecule has 0 aliphatic rings. The van der Waals surface area contributed by atoms with E-state index in [1.807, 2.05) is 42.5 Å². The summed E-state index contributed by atoms with van der Waals surface area (Å²) >= 11 is 0. The molecule has 21 heavy (non-hydrogen) atoms. The molecule has 2 rings (SSSR count). The van der Waals surface area contributed by atoms with E-state index in [2.05, 4.69) is 0 Å². The van der Waals surface area contributed by atoms with Gasteiger partial charge in [0.2, 0.25) is 0 Å². The van der Waals surface area contributed by atoms with Crippen LogP contribution in [-0.2, 0) is 4.79 Å². The summed E-state index contributed by atoms with van der Waals surface area (Å²) in [5.74, 6) is -1.32. The van der Waals surface area contributed by atoms with Gasteiger partial charge in [0.1, 0.15) is 6.04 Å². The molecular formula is C17H17NO3. The van der Waals surface area contributed by atoms with Crippen LogP contribution in [0, 0.1) is 0 Å². The Morgan fingerprint density at radius 1 is 0.952 bits per heavy atom. The highest BCUT2D eigenvalue weighted by Crippen LogP contribution is 2.19. The number of likely N-dealkylation sites (N-methyl/N-ethyl adjacent to an activating group) is 1. The number of benzene rings is 2. The van der Waals surface area contributed by atoms with Gasteiger partial charge in [-0.25, -0.2) is 4.79 Å². The lowest BCUT2D eigenvalue weighted by atomic mass is 10.0. The van der Waals surface area contributed by atoms with Crippen molar-refractivity contribution in [2.45, 2.75) is 13.0 Å². The molecule has 108 valence electrons. The fraction of sp³-hybridized carbons (Fsp3) is 0.176. The van der Waals surface area contributed by atoms with Gasteiger partial charge in [0.25, 0.3) is 5.91 Å². The van der Waals surface area contributed by atoms with Crippen LogP contribution in [0.5, 0.6) is 0 Å². The summed E-state index contributed by atoms with van der Waals surface area (Å²) in [6.07, 6.45) is 0. The minimum absolute atomic E-state index is 0.301. The van der Waals surface area contributed by atoms with Crippen molar-refractivity contribution in [3.05, 3.63) is 60.2 Å². The van der Waals surface area contributed by atoms with Gasteiger partial charge in [-0.3, -0.25) is 4.79 Å². The second-order valence-corrected chi connectivity index (χ2v) is 4.87. The molecule has 0 heterocycles. The highest BCUT2D eigenvalue weighted by molar-refractivity contribution is 5.96. The minimum atomic E-state index is -1.02. The maximum absolute atomic E-state index is 12.2. The second-order valence-electron chi connectivity index (χ2n) is 4.87. The van der Waals surface area contributed by atoms with Crippen LogP contribution < -0.4 is 0 Å². The van der Waals surface area contributed by atoms with E-state index in [9.17, 15) is 9.59 Å². The first-order valence-corrected chi connectivity index (χ1v) is 6.66. The average molecular weight is 283 g/mol. The van der Waals surface area contributed by atoms with Crippen molar-refractivity contribution >= 4 is 11.9 Å². The van der Waals surface area contributed by atoms with Gasteiger partial charge in [0.05, 0.1) is 0 Å². The van der Waals surface area contributed by atoms with E-state index in [0.29, 0.717) is 5.56 Å². The standard InChI is InChI=1S/C17H17NO3/c1-12(17(20)21)18(2)16(19)15-10-8-14(9-11-15)13-6-4-3-5-7-13/h3-12H,1-2H3,(H,20,21). The fourth-order valence-corrected chi connectivity index (χ4v) is 1.98. The number of carboxylic acids is 1. The largest absolute Gasteiger partial charge is 0.480 e. The fourth-order valence-electron chi connectivity index (χ4n) is 1.98. The first kappa shape index (κ1) is 14.8. The monoisotopic (exact) mass is 283 g/mol. The van der Waals surface area contributed by atoms with Crippen molar-refractivity contribution in [3.63, 3.8) is 0 Å². The lowest BCUT2D eigenvalue weighted by molar-refractivity contribution is -0.141. The molecule has 1 atom stereocenters. The molecule has 1 N–H and O–H groups in total. The molecule has 0 radical (unpaired) electrons. The number of aliphatic carboxylic acids is 1. The van der Waals surface area contributed by atoms with E-state index >= 15 is 0 Å². The van der Waals surface area contributed by atoms with E-state index in [-0.39, 0.29) is 5.91 Å². The van der Waals surface area contributed by atoms with Gasteiger partial charge >= 0.3 is 5.97 Å². The lowest BCUT2D eigenvalue weighted by Gasteiger charge is -2.21. The molecular weight excluding hydrogens is 266 g/mol. The van der Waals surface area contributed by atoms with Gasteiger partial charge in [-0.1, -0.05) is 42.5 Å². The molecule has 0 aliphatic heterocycles. The van der Waals surface area contributed by atoms with E-state index in [1.165, 1.54) is 18.9 Å². The minimum Gasteiger partial charge on any atom is -0.480 e. The van der Waals surface area contributed by atoms with Gasteiger partial charge in [0.15, 0.2) is 0 Å². The van der Waals surface area contributed by atoms with Gasteiger partial charge < -0.3 is 10.0 Å². The van der Waals surface area contributed by atoms with E-state index in [0.717, 1.165) is 11.1 Å². The molecule has 0 aliphatic carbocycles. The summed E-state index contributed by atoms with van der Waals surface area (Å²) in [5, 5.41) is 8.95. The van der Waals surface area contributed by atoms with Gasteiger partial charge in [-0.15, -0.1) is 0 Å². The van der Waals surface area contributed by atoms with Gasteiger partial charge in [0, 0.05) is 12.6 Å². The molecule has 4 heteroatoms. The average Bonchev–Trinajstić information content (AvgIpc) is 2.53. The number of hydrogen-bond acceptors (Lipinski definition) is 2. The van der Waals surface area contributed by atoms with Crippen LogP contribution in [0.3, 0.4) is 0 Å². The lowest BCUT2D eigenvalue weighted by Crippen LogP contribution is -2.40. The summed E-state index contributed by atoms with van der Waals surface area (Å²) in [4.78, 5) is 24.3. The molecule has 2 aromatic rings. The molecule has 2 aromatic carbocycles. The Labute approximate surface area is 123 Å². The Morgan fingerprint density at radius 3 is 2.00 bits per heavy atom. The SMILES string of the molecule is CC(C(=O)O)N(C)C(=O)c1ccc(-c2ccccc2)cc1. The third-order valence-corrected chi connectivity index (χ3v) is 3.50. The van der Waals surface area contributed by atoms with Crippen LogP contribution in [0.15, 0.2) is 54.6 Å². The molecule has 0 fully saturated rings. The van der Waals surface area contributed by atoms with Crippen molar-refractivity contribution in [1.29, 1.82) is 0 Å². The number of amides is 1. The molecule has 1 unspecified atom stereocenters. The maximum Gasteiger partial charge on any atom is 0.326 e. The smallest absolute Gasteiger partial charge is 0.326 e. The Hall–Kier alpha value is -2.62. The maximum atomic E-state index is 12.2. The summed E-state index contributed by atoms with van der Waals surface area (Å²) in [6.45, 7) is 1.48. The molecule has 0 bridgehead atoms. The summed E-state index contributed by atoms with van der Waals surface area (Å²) in [7, 11) is 1.49. The molecule has 0 spiro atoms. The van der Waals surface area contributed by atoms with Gasteiger partial charge in [-0.2, -0.15) is 0 Å². The third kappa shape index (κ3) is 3.28. The third-order valence-electron chi connectivity index (χ3n) is 3.50. The Morgan fingerprint density at radius 2 is 1.48 bits per heavy atom. The zero-order valence-corrected chi connectivity index (χ0v) is 12.0. The van der Waals surface area contributed by atoms with Crippen molar-refractivity contribution in [3.8, 4) is 11.1 Å². The first-order valence-electron chi connectivity index (χ1n) is 6.66.